The predicted octanol–water partition coefficient (Wildman–Crippen LogP) is 4.04. The second kappa shape index (κ2) is 9.75. The van der Waals surface area contributed by atoms with Crippen LogP contribution in [0.4, 0.5) is 5.69 Å². The number of benzene rings is 2. The Balaban J connectivity index is 1.84. The Labute approximate surface area is 174 Å². The number of hydrogen-bond donors (Lipinski definition) is 1. The van der Waals surface area contributed by atoms with E-state index in [0.717, 1.165) is 5.56 Å². The standard InChI is InChI=1S/C21H22ClN3O2S/c1-2-23-20(27)18-14-19(26)25(12-11-15-7-4-3-5-8-15)21(28-18)24-17-10-6-9-16(22)13-17/h3-10,13,18H,2,11-12,14H2,1H3,(H,23,27). The van der Waals surface area contributed by atoms with E-state index in [1.807, 2.05) is 49.4 Å². The van der Waals surface area contributed by atoms with Gasteiger partial charge in [0.15, 0.2) is 5.17 Å². The minimum absolute atomic E-state index is 0.0910. The lowest BCUT2D eigenvalue weighted by atomic mass is 10.1. The molecular formula is C21H22ClN3O2S. The number of nitrogens with zero attached hydrogens (tertiary/aromatic N) is 2. The van der Waals surface area contributed by atoms with Gasteiger partial charge in [0.2, 0.25) is 11.8 Å². The number of nitrogens with one attached hydrogen (secondary N) is 1. The highest BCUT2D eigenvalue weighted by molar-refractivity contribution is 8.15. The molecule has 1 N–H and O–H groups in total. The lowest BCUT2D eigenvalue weighted by Crippen LogP contribution is -2.47. The molecule has 1 fully saturated rings. The first-order chi connectivity index (χ1) is 13.6. The van der Waals surface area contributed by atoms with E-state index in [9.17, 15) is 9.59 Å². The molecule has 3 rings (SSSR count). The molecule has 28 heavy (non-hydrogen) atoms. The van der Waals surface area contributed by atoms with E-state index in [-0.39, 0.29) is 18.2 Å². The van der Waals surface area contributed by atoms with Crippen molar-refractivity contribution in [3.05, 3.63) is 65.2 Å². The van der Waals surface area contributed by atoms with Crippen LogP contribution in [-0.4, -0.2) is 40.2 Å². The number of halogens is 1. The van der Waals surface area contributed by atoms with Crippen molar-refractivity contribution in [1.82, 2.24) is 10.2 Å². The van der Waals surface area contributed by atoms with Gasteiger partial charge in [-0.15, -0.1) is 0 Å². The summed E-state index contributed by atoms with van der Waals surface area (Å²) in [6, 6.07) is 17.2. The maximum Gasteiger partial charge on any atom is 0.234 e. The zero-order valence-corrected chi connectivity index (χ0v) is 17.2. The monoisotopic (exact) mass is 415 g/mol. The number of thioether (sulfide) groups is 1. The number of amides is 2. The van der Waals surface area contributed by atoms with Gasteiger partial charge in [-0.25, -0.2) is 4.99 Å². The molecule has 0 aliphatic carbocycles. The van der Waals surface area contributed by atoms with Crippen molar-refractivity contribution in [2.75, 3.05) is 13.1 Å². The molecular weight excluding hydrogens is 394 g/mol. The lowest BCUT2D eigenvalue weighted by molar-refractivity contribution is -0.130. The number of aliphatic imine (C=N–C) groups is 1. The van der Waals surface area contributed by atoms with Crippen LogP contribution in [0.15, 0.2) is 59.6 Å². The van der Waals surface area contributed by atoms with E-state index in [1.165, 1.54) is 11.8 Å². The van der Waals surface area contributed by atoms with Gasteiger partial charge in [-0.2, -0.15) is 0 Å². The summed E-state index contributed by atoms with van der Waals surface area (Å²) in [4.78, 5) is 31.4. The molecule has 2 aromatic rings. The van der Waals surface area contributed by atoms with Gasteiger partial charge in [0.05, 0.1) is 10.9 Å². The topological polar surface area (TPSA) is 61.8 Å². The van der Waals surface area contributed by atoms with Crippen LogP contribution in [0.1, 0.15) is 18.9 Å². The fourth-order valence-corrected chi connectivity index (χ4v) is 4.22. The van der Waals surface area contributed by atoms with Crippen molar-refractivity contribution in [2.24, 2.45) is 4.99 Å². The van der Waals surface area contributed by atoms with Gasteiger partial charge in [-0.05, 0) is 37.1 Å². The molecule has 1 aliphatic heterocycles. The van der Waals surface area contributed by atoms with Crippen LogP contribution in [0, 0.1) is 0 Å². The Morgan fingerprint density at radius 2 is 2.04 bits per heavy atom. The van der Waals surface area contributed by atoms with Crippen molar-refractivity contribution in [2.45, 2.75) is 25.0 Å². The van der Waals surface area contributed by atoms with Crippen LogP contribution in [-0.2, 0) is 16.0 Å². The molecule has 0 saturated carbocycles. The number of hydrogen-bond acceptors (Lipinski definition) is 4. The molecule has 1 aliphatic rings. The normalized spacial score (nSPS) is 18.4. The largest absolute Gasteiger partial charge is 0.355 e. The Bertz CT molecular complexity index is 873. The van der Waals surface area contributed by atoms with E-state index in [1.54, 1.807) is 17.0 Å². The van der Waals surface area contributed by atoms with Gasteiger partial charge >= 0.3 is 0 Å². The van der Waals surface area contributed by atoms with Crippen molar-refractivity contribution in [3.63, 3.8) is 0 Å². The Morgan fingerprint density at radius 1 is 1.25 bits per heavy atom. The van der Waals surface area contributed by atoms with Crippen LogP contribution < -0.4 is 5.32 Å². The highest BCUT2D eigenvalue weighted by Gasteiger charge is 2.35. The maximum atomic E-state index is 12.8. The highest BCUT2D eigenvalue weighted by Crippen LogP contribution is 2.30. The van der Waals surface area contributed by atoms with Crippen molar-refractivity contribution < 1.29 is 9.59 Å². The third-order valence-electron chi connectivity index (χ3n) is 4.28. The minimum Gasteiger partial charge on any atom is -0.355 e. The van der Waals surface area contributed by atoms with E-state index < -0.39 is 5.25 Å². The first-order valence-corrected chi connectivity index (χ1v) is 10.5. The summed E-state index contributed by atoms with van der Waals surface area (Å²) in [5.74, 6) is -0.228. The van der Waals surface area contributed by atoms with Crippen LogP contribution in [0.2, 0.25) is 5.02 Å². The third-order valence-corrected chi connectivity index (χ3v) is 5.71. The second-order valence-corrected chi connectivity index (χ2v) is 7.97. The lowest BCUT2D eigenvalue weighted by Gasteiger charge is -2.31. The van der Waals surface area contributed by atoms with Crippen LogP contribution in [0.3, 0.4) is 0 Å². The first-order valence-electron chi connectivity index (χ1n) is 9.19. The third kappa shape index (κ3) is 5.36. The van der Waals surface area contributed by atoms with Gasteiger partial charge in [0.25, 0.3) is 0 Å². The SMILES string of the molecule is CCNC(=O)C1CC(=O)N(CCc2ccccc2)C(=Nc2cccc(Cl)c2)S1. The summed E-state index contributed by atoms with van der Waals surface area (Å²) in [7, 11) is 0. The number of carbonyl (C=O) groups excluding carboxylic acids is 2. The molecule has 1 atom stereocenters. The summed E-state index contributed by atoms with van der Waals surface area (Å²) in [5.41, 5.74) is 1.80. The van der Waals surface area contributed by atoms with E-state index >= 15 is 0 Å². The van der Waals surface area contributed by atoms with Gasteiger partial charge in [0.1, 0.15) is 0 Å². The van der Waals surface area contributed by atoms with E-state index in [2.05, 4.69) is 10.3 Å². The van der Waals surface area contributed by atoms with Crippen LogP contribution in [0.5, 0.6) is 0 Å². The van der Waals surface area contributed by atoms with E-state index in [0.29, 0.717) is 35.4 Å². The fraction of sp³-hybridized carbons (Fsp3) is 0.286. The summed E-state index contributed by atoms with van der Waals surface area (Å²) in [6.45, 7) is 2.90. The highest BCUT2D eigenvalue weighted by atomic mass is 35.5. The smallest absolute Gasteiger partial charge is 0.234 e. The molecule has 0 spiro atoms. The Hall–Kier alpha value is -2.31. The molecule has 0 radical (unpaired) electrons. The zero-order chi connectivity index (χ0) is 19.9. The Morgan fingerprint density at radius 3 is 2.75 bits per heavy atom. The summed E-state index contributed by atoms with van der Waals surface area (Å²) >= 11 is 7.40. The van der Waals surface area contributed by atoms with E-state index in [4.69, 9.17) is 11.6 Å². The average Bonchev–Trinajstić information content (AvgIpc) is 2.68. The molecule has 1 unspecified atom stereocenters. The molecule has 7 heteroatoms. The minimum atomic E-state index is -0.474. The molecule has 146 valence electrons. The van der Waals surface area contributed by atoms with Gasteiger partial charge in [-0.1, -0.05) is 59.8 Å². The predicted molar refractivity (Wildman–Crippen MR) is 115 cm³/mol. The van der Waals surface area contributed by atoms with Gasteiger partial charge < -0.3 is 5.32 Å². The van der Waals surface area contributed by atoms with Gasteiger partial charge in [0, 0.05) is 24.5 Å². The number of rotatable bonds is 6. The summed E-state index contributed by atoms with van der Waals surface area (Å²) in [5, 5.41) is 3.43. The fourth-order valence-electron chi connectivity index (χ4n) is 2.89. The molecule has 5 nitrogen and oxygen atoms in total. The molecule has 2 aromatic carbocycles. The zero-order valence-electron chi connectivity index (χ0n) is 15.6. The molecule has 2 amide bonds. The first kappa shape index (κ1) is 20.4. The van der Waals surface area contributed by atoms with Crippen LogP contribution >= 0.6 is 23.4 Å². The van der Waals surface area contributed by atoms with Crippen molar-refractivity contribution in [3.8, 4) is 0 Å². The molecule has 1 saturated heterocycles. The quantitative estimate of drug-likeness (QED) is 0.774. The van der Waals surface area contributed by atoms with Crippen molar-refractivity contribution >= 4 is 46.0 Å². The van der Waals surface area contributed by atoms with Crippen molar-refractivity contribution in [1.29, 1.82) is 0 Å². The molecule has 1 heterocycles. The molecule has 0 aromatic heterocycles. The summed E-state index contributed by atoms with van der Waals surface area (Å²) < 4.78 is 0. The second-order valence-electron chi connectivity index (χ2n) is 6.36. The maximum absolute atomic E-state index is 12.8. The molecule has 0 bridgehead atoms. The van der Waals surface area contributed by atoms with Crippen LogP contribution in [0.25, 0.3) is 0 Å². The van der Waals surface area contributed by atoms with Gasteiger partial charge in [-0.3, -0.25) is 14.5 Å². The summed E-state index contributed by atoms with van der Waals surface area (Å²) in [6.07, 6.45) is 0.882. The Kier molecular flexibility index (Phi) is 7.12. The average molecular weight is 416 g/mol. The number of amidine groups is 1. The number of carbonyl (C=O) groups is 2.